The molecule has 0 amide bonds. The van der Waals surface area contributed by atoms with Crippen molar-refractivity contribution in [2.75, 3.05) is 0 Å². The predicted octanol–water partition coefficient (Wildman–Crippen LogP) is 12.0. The van der Waals surface area contributed by atoms with Crippen LogP contribution in [0.25, 0.3) is 100 Å². The molecule has 0 aliphatic heterocycles. The highest BCUT2D eigenvalue weighted by molar-refractivity contribution is 6.14. The first-order valence-electron chi connectivity index (χ1n) is 22.5. The number of aromatic nitrogens is 3. The quantitative estimate of drug-likeness (QED) is 0.185. The Bertz CT molecular complexity index is 3610. The third-order valence-corrected chi connectivity index (χ3v) is 8.41. The van der Waals surface area contributed by atoms with E-state index in [0.29, 0.717) is 33.1 Å². The van der Waals surface area contributed by atoms with E-state index >= 15 is 0 Å². The van der Waals surface area contributed by atoms with Crippen LogP contribution in [0.3, 0.4) is 0 Å². The lowest BCUT2D eigenvalue weighted by atomic mass is 9.99. The van der Waals surface area contributed by atoms with Crippen molar-refractivity contribution < 1.29 is 28.0 Å². The third kappa shape index (κ3) is 4.67. The predicted molar refractivity (Wildman–Crippen MR) is 202 cm³/mol. The van der Waals surface area contributed by atoms with Gasteiger partial charge in [-0.3, -0.25) is 0 Å². The minimum atomic E-state index is -0.766. The number of furan rings is 2. The van der Waals surface area contributed by atoms with Crippen molar-refractivity contribution in [3.63, 3.8) is 0 Å². The summed E-state index contributed by atoms with van der Waals surface area (Å²) in [7, 11) is 0. The van der Waals surface area contributed by atoms with Gasteiger partial charge in [0.05, 0.1) is 19.2 Å². The summed E-state index contributed by atoms with van der Waals surface area (Å²) >= 11 is 0. The highest BCUT2D eigenvalue weighted by atomic mass is 16.3. The van der Waals surface area contributed by atoms with E-state index in [-0.39, 0.29) is 5.82 Å². The van der Waals surface area contributed by atoms with Gasteiger partial charge in [-0.05, 0) is 41.0 Å². The van der Waals surface area contributed by atoms with Crippen molar-refractivity contribution in [2.24, 2.45) is 0 Å². The molecule has 0 radical (unpaired) electrons. The summed E-state index contributed by atoms with van der Waals surface area (Å²) in [4.78, 5) is 13.7. The second-order valence-corrected chi connectivity index (χ2v) is 11.3. The fourth-order valence-electron chi connectivity index (χ4n) is 6.16. The van der Waals surface area contributed by atoms with Crippen LogP contribution in [0.5, 0.6) is 0 Å². The lowest BCUT2D eigenvalue weighted by molar-refractivity contribution is 0.668. The number of nitrogens with zero attached hydrogens (tertiary/aromatic N) is 3. The number of hydrogen-bond acceptors (Lipinski definition) is 5. The molecule has 10 rings (SSSR count). The minimum absolute atomic E-state index is 0.136. The molecule has 7 aromatic carbocycles. The summed E-state index contributed by atoms with van der Waals surface area (Å²) in [5.41, 5.74) is 2.30. The Hall–Kier alpha value is -6.85. The Morgan fingerprint density at radius 1 is 0.400 bits per heavy atom. The van der Waals surface area contributed by atoms with Gasteiger partial charge in [0.15, 0.2) is 17.5 Å². The number of hydrogen-bond donors (Lipinski definition) is 0. The molecular formula is C45H27N3O2. The van der Waals surface area contributed by atoms with Crippen molar-refractivity contribution in [3.8, 4) is 56.4 Å². The molecule has 0 saturated carbocycles. The first kappa shape index (κ1) is 17.5. The van der Waals surface area contributed by atoms with E-state index in [2.05, 4.69) is 15.0 Å². The molecule has 0 N–H and O–H groups in total. The molecule has 3 aromatic heterocycles. The van der Waals surface area contributed by atoms with Crippen LogP contribution in [0.1, 0.15) is 19.2 Å². The molecule has 0 aliphatic carbocycles. The second kappa shape index (κ2) is 11.4. The van der Waals surface area contributed by atoms with Crippen molar-refractivity contribution in [1.29, 1.82) is 0 Å². The zero-order valence-electron chi connectivity index (χ0n) is 39.7. The lowest BCUT2D eigenvalue weighted by Gasteiger charge is -2.10. The van der Waals surface area contributed by atoms with E-state index in [1.54, 1.807) is 18.2 Å². The van der Waals surface area contributed by atoms with Crippen LogP contribution in [-0.2, 0) is 0 Å². The molecule has 234 valence electrons. The minimum Gasteiger partial charge on any atom is -0.456 e. The van der Waals surface area contributed by atoms with E-state index in [1.807, 2.05) is 60.7 Å². The van der Waals surface area contributed by atoms with Crippen molar-refractivity contribution >= 4 is 43.9 Å². The van der Waals surface area contributed by atoms with E-state index < -0.39 is 118 Å². The second-order valence-electron chi connectivity index (χ2n) is 11.3. The Morgan fingerprint density at radius 2 is 1.00 bits per heavy atom. The lowest BCUT2D eigenvalue weighted by Crippen LogP contribution is -2.00. The fourth-order valence-corrected chi connectivity index (χ4v) is 6.16. The molecule has 0 spiro atoms. The van der Waals surface area contributed by atoms with E-state index in [9.17, 15) is 0 Å². The maximum Gasteiger partial charge on any atom is 0.164 e. The Balaban J connectivity index is 1.22. The van der Waals surface area contributed by atoms with Crippen LogP contribution < -0.4 is 0 Å². The maximum absolute atomic E-state index is 9.14. The largest absolute Gasteiger partial charge is 0.456 e. The summed E-state index contributed by atoms with van der Waals surface area (Å²) in [6.07, 6.45) is 0. The van der Waals surface area contributed by atoms with Crippen LogP contribution in [0.4, 0.5) is 0 Å². The monoisotopic (exact) mass is 655 g/mol. The van der Waals surface area contributed by atoms with Gasteiger partial charge in [-0.1, -0.05) is 139 Å². The van der Waals surface area contributed by atoms with E-state index in [4.69, 9.17) is 28.0 Å². The Kier molecular flexibility index (Phi) is 3.99. The van der Waals surface area contributed by atoms with Crippen molar-refractivity contribution in [1.82, 2.24) is 15.0 Å². The molecule has 10 aromatic rings. The molecule has 50 heavy (non-hydrogen) atoms. The number of para-hydroxylation sites is 2. The van der Waals surface area contributed by atoms with Gasteiger partial charge in [-0.15, -0.1) is 0 Å². The summed E-state index contributed by atoms with van der Waals surface area (Å²) in [6, 6.07) is 14.4. The molecular weight excluding hydrogens is 615 g/mol. The molecule has 3 heterocycles. The van der Waals surface area contributed by atoms with Gasteiger partial charge in [0.2, 0.25) is 0 Å². The van der Waals surface area contributed by atoms with Crippen molar-refractivity contribution in [2.45, 2.75) is 0 Å². The van der Waals surface area contributed by atoms with Gasteiger partial charge >= 0.3 is 0 Å². The van der Waals surface area contributed by atoms with Crippen LogP contribution in [0.2, 0.25) is 0 Å². The molecule has 0 atom stereocenters. The zero-order valence-corrected chi connectivity index (χ0v) is 25.7. The average Bonchev–Trinajstić information content (AvgIpc) is 3.88. The summed E-state index contributed by atoms with van der Waals surface area (Å²) in [5.74, 6) is -1.04. The van der Waals surface area contributed by atoms with E-state index in [0.717, 1.165) is 27.5 Å². The highest BCUT2D eigenvalue weighted by Crippen LogP contribution is 2.40. The Morgan fingerprint density at radius 3 is 1.80 bits per heavy atom. The first-order chi connectivity index (χ1) is 30.6. The number of rotatable bonds is 5. The number of fused-ring (bicyclic) bond motifs is 6. The van der Waals surface area contributed by atoms with Crippen molar-refractivity contribution in [3.05, 3.63) is 163 Å². The Labute approximate surface area is 306 Å². The van der Waals surface area contributed by atoms with Gasteiger partial charge in [-0.25, -0.2) is 15.0 Å². The van der Waals surface area contributed by atoms with Crippen LogP contribution >= 0.6 is 0 Å². The van der Waals surface area contributed by atoms with Gasteiger partial charge in [0, 0.05) is 43.8 Å². The summed E-state index contributed by atoms with van der Waals surface area (Å²) in [5, 5.41) is 3.08. The summed E-state index contributed by atoms with van der Waals surface area (Å²) in [6.45, 7) is 0. The van der Waals surface area contributed by atoms with E-state index in [1.165, 1.54) is 0 Å². The molecule has 0 unspecified atom stereocenters. The van der Waals surface area contributed by atoms with Gasteiger partial charge in [0.25, 0.3) is 0 Å². The smallest absolute Gasteiger partial charge is 0.164 e. The molecule has 5 heteroatoms. The highest BCUT2D eigenvalue weighted by Gasteiger charge is 2.19. The number of benzene rings is 7. The van der Waals surface area contributed by atoms with Crippen LogP contribution in [0, 0.1) is 0 Å². The normalized spacial score (nSPS) is 15.5. The first-order valence-corrected chi connectivity index (χ1v) is 15.5. The zero-order chi connectivity index (χ0) is 45.2. The van der Waals surface area contributed by atoms with Crippen LogP contribution in [0.15, 0.2) is 172 Å². The molecule has 0 fully saturated rings. The SMILES string of the molecule is [2H]c1c([2H])c([2H])c(-c2nc(-c3c([2H])c([2H])c(-c4c([2H])c([2H])c([2H])c([2H])c4[2H])c([2H])c3[2H])nc(-c3cccc4oc5cc(-c6cccc7c6oc6ccccc67)ccc5c34)n2)c([2H])c1[2H]. The average molecular weight is 656 g/mol. The maximum atomic E-state index is 9.14. The molecule has 0 aliphatic rings. The molecule has 0 bridgehead atoms. The van der Waals surface area contributed by atoms with Crippen LogP contribution in [-0.4, -0.2) is 15.0 Å². The van der Waals surface area contributed by atoms with Gasteiger partial charge < -0.3 is 8.83 Å². The topological polar surface area (TPSA) is 65.0 Å². The van der Waals surface area contributed by atoms with Gasteiger partial charge in [0.1, 0.15) is 22.3 Å². The fraction of sp³-hybridized carbons (Fsp3) is 0. The third-order valence-electron chi connectivity index (χ3n) is 8.41. The molecule has 0 saturated heterocycles. The standard InChI is InChI=1S/C45H27N3O2/c1-3-11-28(12-4-1)29-21-23-31(24-22-29)44-46-43(30-13-5-2-6-14-30)47-45(48-44)37-18-10-20-39-41(37)36-26-25-32(27-40(36)49-39)33-16-9-17-35-34-15-7-8-19-38(34)50-42(33)35/h1-27H/i1D,2D,3D,4D,5D,6D,11D,12D,13D,14D,21D,22D,23D,24D. The van der Waals surface area contributed by atoms with Gasteiger partial charge in [-0.2, -0.15) is 0 Å². The molecule has 5 nitrogen and oxygen atoms in total. The summed E-state index contributed by atoms with van der Waals surface area (Å²) < 4.78 is 133.